The fourth-order valence-corrected chi connectivity index (χ4v) is 2.70. The highest BCUT2D eigenvalue weighted by molar-refractivity contribution is 4.86. The van der Waals surface area contributed by atoms with Crippen molar-refractivity contribution >= 4 is 0 Å². The summed E-state index contributed by atoms with van der Waals surface area (Å²) in [5.41, 5.74) is 0. The lowest BCUT2D eigenvalue weighted by molar-refractivity contribution is 0.0369. The van der Waals surface area contributed by atoms with Gasteiger partial charge in [0.15, 0.2) is 0 Å². The predicted octanol–water partition coefficient (Wildman–Crippen LogP) is 1.10. The van der Waals surface area contributed by atoms with Crippen LogP contribution in [0.1, 0.15) is 26.7 Å². The molecule has 2 aliphatic rings. The zero-order chi connectivity index (χ0) is 10.7. The molecule has 2 saturated heterocycles. The smallest absolute Gasteiger partial charge is 0.0469 e. The van der Waals surface area contributed by atoms with E-state index in [1.165, 1.54) is 25.9 Å². The molecular formula is C12H24N2O. The predicted molar refractivity (Wildman–Crippen MR) is 62.0 cm³/mol. The molecule has 1 N–H and O–H groups in total. The van der Waals surface area contributed by atoms with Crippen molar-refractivity contribution in [1.82, 2.24) is 10.2 Å². The summed E-state index contributed by atoms with van der Waals surface area (Å²) < 4.78 is 5.42. The zero-order valence-electron chi connectivity index (χ0n) is 10.0. The van der Waals surface area contributed by atoms with E-state index in [1.54, 1.807) is 0 Å². The van der Waals surface area contributed by atoms with Crippen molar-refractivity contribution in [3.63, 3.8) is 0 Å². The van der Waals surface area contributed by atoms with Gasteiger partial charge < -0.3 is 10.1 Å². The van der Waals surface area contributed by atoms with Crippen LogP contribution < -0.4 is 5.32 Å². The van der Waals surface area contributed by atoms with Crippen LogP contribution in [0.25, 0.3) is 0 Å². The molecule has 0 aromatic carbocycles. The van der Waals surface area contributed by atoms with Crippen LogP contribution in [-0.2, 0) is 4.74 Å². The van der Waals surface area contributed by atoms with Crippen molar-refractivity contribution in [2.45, 2.75) is 38.8 Å². The van der Waals surface area contributed by atoms with Gasteiger partial charge in [-0.15, -0.1) is 0 Å². The first-order valence-electron chi connectivity index (χ1n) is 6.32. The van der Waals surface area contributed by atoms with Crippen molar-refractivity contribution in [1.29, 1.82) is 0 Å². The number of hydrogen-bond donors (Lipinski definition) is 1. The number of ether oxygens (including phenoxy) is 1. The van der Waals surface area contributed by atoms with E-state index < -0.39 is 0 Å². The Morgan fingerprint density at radius 3 is 2.67 bits per heavy atom. The Balaban J connectivity index is 1.85. The molecule has 3 nitrogen and oxygen atoms in total. The minimum absolute atomic E-state index is 0.689. The van der Waals surface area contributed by atoms with E-state index in [9.17, 15) is 0 Å². The molecule has 0 unspecified atom stereocenters. The maximum atomic E-state index is 5.42. The van der Waals surface area contributed by atoms with Crippen molar-refractivity contribution < 1.29 is 4.74 Å². The summed E-state index contributed by atoms with van der Waals surface area (Å²) in [4.78, 5) is 2.59. The summed E-state index contributed by atoms with van der Waals surface area (Å²) in [6, 6.07) is 1.39. The summed E-state index contributed by atoms with van der Waals surface area (Å²) in [5.74, 6) is 0.834. The quantitative estimate of drug-likeness (QED) is 0.742. The lowest BCUT2D eigenvalue weighted by Crippen LogP contribution is -2.56. The van der Waals surface area contributed by atoms with E-state index in [0.29, 0.717) is 12.1 Å². The molecule has 2 rings (SSSR count). The molecule has 2 fully saturated rings. The SMILES string of the molecule is CC(C)N1CCN[C@H](C2CCOCC2)C1. The number of piperazine rings is 1. The third kappa shape index (κ3) is 2.92. The molecule has 0 bridgehead atoms. The minimum Gasteiger partial charge on any atom is -0.381 e. The standard InChI is InChI=1S/C12H24N2O/c1-10(2)14-6-5-13-12(9-14)11-3-7-15-8-4-11/h10-13H,3-9H2,1-2H3/t12-/m0/s1. The van der Waals surface area contributed by atoms with Gasteiger partial charge in [0.1, 0.15) is 0 Å². The average molecular weight is 212 g/mol. The van der Waals surface area contributed by atoms with Gasteiger partial charge in [0.2, 0.25) is 0 Å². The van der Waals surface area contributed by atoms with E-state index in [-0.39, 0.29) is 0 Å². The van der Waals surface area contributed by atoms with E-state index in [0.717, 1.165) is 25.7 Å². The first-order chi connectivity index (χ1) is 7.27. The summed E-state index contributed by atoms with van der Waals surface area (Å²) in [7, 11) is 0. The first-order valence-corrected chi connectivity index (χ1v) is 6.32. The Kier molecular flexibility index (Phi) is 4.00. The third-order valence-electron chi connectivity index (χ3n) is 3.80. The van der Waals surface area contributed by atoms with E-state index in [4.69, 9.17) is 4.74 Å². The van der Waals surface area contributed by atoms with Crippen molar-refractivity contribution in [2.24, 2.45) is 5.92 Å². The maximum Gasteiger partial charge on any atom is 0.0469 e. The molecule has 88 valence electrons. The molecule has 3 heteroatoms. The van der Waals surface area contributed by atoms with Gasteiger partial charge in [0, 0.05) is 44.9 Å². The summed E-state index contributed by atoms with van der Waals surface area (Å²) in [6.45, 7) is 10.1. The van der Waals surface area contributed by atoms with Crippen LogP contribution in [-0.4, -0.2) is 49.8 Å². The first kappa shape index (κ1) is 11.4. The van der Waals surface area contributed by atoms with Gasteiger partial charge in [-0.25, -0.2) is 0 Å². The van der Waals surface area contributed by atoms with Crippen molar-refractivity contribution in [2.75, 3.05) is 32.8 Å². The Morgan fingerprint density at radius 1 is 1.27 bits per heavy atom. The van der Waals surface area contributed by atoms with Crippen LogP contribution in [0.4, 0.5) is 0 Å². The highest BCUT2D eigenvalue weighted by atomic mass is 16.5. The molecule has 0 aromatic rings. The molecule has 0 radical (unpaired) electrons. The summed E-state index contributed by atoms with van der Waals surface area (Å²) >= 11 is 0. The summed E-state index contributed by atoms with van der Waals surface area (Å²) in [5, 5.41) is 3.68. The van der Waals surface area contributed by atoms with E-state index in [1.807, 2.05) is 0 Å². The monoisotopic (exact) mass is 212 g/mol. The molecule has 2 aliphatic heterocycles. The number of nitrogens with one attached hydrogen (secondary N) is 1. The normalized spacial score (nSPS) is 31.0. The van der Waals surface area contributed by atoms with Gasteiger partial charge in [0.25, 0.3) is 0 Å². The topological polar surface area (TPSA) is 24.5 Å². The van der Waals surface area contributed by atoms with Crippen LogP contribution in [0.3, 0.4) is 0 Å². The average Bonchev–Trinajstić information content (AvgIpc) is 2.30. The Hall–Kier alpha value is -0.120. The fraction of sp³-hybridized carbons (Fsp3) is 1.00. The van der Waals surface area contributed by atoms with Crippen molar-refractivity contribution in [3.8, 4) is 0 Å². The molecule has 2 heterocycles. The fourth-order valence-electron chi connectivity index (χ4n) is 2.70. The van der Waals surface area contributed by atoms with Crippen molar-refractivity contribution in [3.05, 3.63) is 0 Å². The molecule has 15 heavy (non-hydrogen) atoms. The number of nitrogens with zero attached hydrogens (tertiary/aromatic N) is 1. The Morgan fingerprint density at radius 2 is 2.00 bits per heavy atom. The lowest BCUT2D eigenvalue weighted by atomic mass is 9.90. The second-order valence-electron chi connectivity index (χ2n) is 5.10. The van der Waals surface area contributed by atoms with Gasteiger partial charge in [-0.2, -0.15) is 0 Å². The van der Waals surface area contributed by atoms with Crippen LogP contribution in [0.5, 0.6) is 0 Å². The minimum atomic E-state index is 0.689. The molecule has 1 atom stereocenters. The molecule has 0 aliphatic carbocycles. The second kappa shape index (κ2) is 5.28. The summed E-state index contributed by atoms with van der Waals surface area (Å²) in [6.07, 6.45) is 2.48. The molecule has 0 aromatic heterocycles. The Bertz CT molecular complexity index is 190. The largest absolute Gasteiger partial charge is 0.381 e. The van der Waals surface area contributed by atoms with E-state index in [2.05, 4.69) is 24.1 Å². The van der Waals surface area contributed by atoms with Crippen LogP contribution >= 0.6 is 0 Å². The molecule has 0 amide bonds. The van der Waals surface area contributed by atoms with Crippen LogP contribution in [0.15, 0.2) is 0 Å². The van der Waals surface area contributed by atoms with Crippen LogP contribution in [0, 0.1) is 5.92 Å². The lowest BCUT2D eigenvalue weighted by Gasteiger charge is -2.40. The highest BCUT2D eigenvalue weighted by Gasteiger charge is 2.28. The van der Waals surface area contributed by atoms with E-state index >= 15 is 0 Å². The third-order valence-corrected chi connectivity index (χ3v) is 3.80. The van der Waals surface area contributed by atoms with Gasteiger partial charge in [-0.1, -0.05) is 0 Å². The van der Waals surface area contributed by atoms with Crippen LogP contribution in [0.2, 0.25) is 0 Å². The zero-order valence-corrected chi connectivity index (χ0v) is 10.0. The van der Waals surface area contributed by atoms with Gasteiger partial charge in [-0.05, 0) is 32.6 Å². The molecular weight excluding hydrogens is 188 g/mol. The van der Waals surface area contributed by atoms with Gasteiger partial charge in [0.05, 0.1) is 0 Å². The Labute approximate surface area is 93.2 Å². The number of rotatable bonds is 2. The van der Waals surface area contributed by atoms with Gasteiger partial charge in [-0.3, -0.25) is 4.90 Å². The molecule has 0 saturated carbocycles. The van der Waals surface area contributed by atoms with Gasteiger partial charge >= 0.3 is 0 Å². The number of hydrogen-bond acceptors (Lipinski definition) is 3. The molecule has 0 spiro atoms. The highest BCUT2D eigenvalue weighted by Crippen LogP contribution is 2.21. The maximum absolute atomic E-state index is 5.42. The second-order valence-corrected chi connectivity index (χ2v) is 5.10.